The average molecular weight is 376 g/mol. The van der Waals surface area contributed by atoms with Gasteiger partial charge in [0, 0.05) is 23.3 Å². The Morgan fingerprint density at radius 3 is 2.76 bits per heavy atom. The van der Waals surface area contributed by atoms with E-state index in [2.05, 4.69) is 37.9 Å². The van der Waals surface area contributed by atoms with Gasteiger partial charge in [-0.15, -0.1) is 0 Å². The molecule has 1 fully saturated rings. The number of rotatable bonds is 5. The highest BCUT2D eigenvalue weighted by atomic mass is 79.9. The molecule has 2 rings (SSSR count). The molecule has 0 saturated heterocycles. The van der Waals surface area contributed by atoms with Crippen LogP contribution in [-0.4, -0.2) is 26.0 Å². The van der Waals surface area contributed by atoms with Crippen LogP contribution in [0.1, 0.15) is 39.5 Å². The van der Waals surface area contributed by atoms with Gasteiger partial charge in [0.2, 0.25) is 10.0 Å². The Morgan fingerprint density at radius 1 is 1.38 bits per heavy atom. The van der Waals surface area contributed by atoms with Crippen LogP contribution in [0.2, 0.25) is 0 Å². The Balaban J connectivity index is 2.28. The quantitative estimate of drug-likeness (QED) is 0.828. The molecule has 0 amide bonds. The van der Waals surface area contributed by atoms with Gasteiger partial charge >= 0.3 is 0 Å². The third-order valence-electron chi connectivity index (χ3n) is 3.87. The largest absolute Gasteiger partial charge is 0.369 e. The van der Waals surface area contributed by atoms with E-state index in [1.807, 2.05) is 6.92 Å². The number of pyridine rings is 1. The van der Waals surface area contributed by atoms with Crippen molar-refractivity contribution in [3.63, 3.8) is 0 Å². The molecular weight excluding hydrogens is 354 g/mol. The smallest absolute Gasteiger partial charge is 0.244 e. The predicted octanol–water partition coefficient (Wildman–Crippen LogP) is 3.13. The molecule has 5 nitrogen and oxygen atoms in total. The maximum Gasteiger partial charge on any atom is 0.244 e. The van der Waals surface area contributed by atoms with Crippen molar-refractivity contribution in [3.8, 4) is 0 Å². The molecule has 1 aromatic heterocycles. The highest BCUT2D eigenvalue weighted by Crippen LogP contribution is 2.27. The van der Waals surface area contributed by atoms with E-state index in [9.17, 15) is 8.42 Å². The van der Waals surface area contributed by atoms with Crippen LogP contribution in [-0.2, 0) is 10.0 Å². The van der Waals surface area contributed by atoms with Gasteiger partial charge in [-0.25, -0.2) is 18.1 Å². The summed E-state index contributed by atoms with van der Waals surface area (Å²) in [4.78, 5) is 4.37. The maximum atomic E-state index is 12.7. The third-order valence-corrected chi connectivity index (χ3v) is 5.81. The number of hydrogen-bond acceptors (Lipinski definition) is 4. The number of nitrogens with one attached hydrogen (secondary N) is 2. The molecule has 2 unspecified atom stereocenters. The Bertz CT molecular complexity index is 592. The molecule has 0 aromatic carbocycles. The minimum Gasteiger partial charge on any atom is -0.369 e. The molecule has 0 aliphatic heterocycles. The summed E-state index contributed by atoms with van der Waals surface area (Å²) in [7, 11) is -3.57. The van der Waals surface area contributed by atoms with Gasteiger partial charge in [0.05, 0.1) is 0 Å². The lowest BCUT2D eigenvalue weighted by molar-refractivity contribution is 0.310. The average Bonchev–Trinajstić information content (AvgIpc) is 2.43. The minimum atomic E-state index is -3.57. The summed E-state index contributed by atoms with van der Waals surface area (Å²) in [5.41, 5.74) is 0. The van der Waals surface area contributed by atoms with E-state index < -0.39 is 10.0 Å². The first-order valence-electron chi connectivity index (χ1n) is 7.35. The maximum absolute atomic E-state index is 12.7. The van der Waals surface area contributed by atoms with Gasteiger partial charge in [-0.3, -0.25) is 0 Å². The molecule has 1 aliphatic carbocycles. The summed E-state index contributed by atoms with van der Waals surface area (Å²) >= 11 is 3.29. The molecule has 1 saturated carbocycles. The highest BCUT2D eigenvalue weighted by molar-refractivity contribution is 9.10. The Labute approximate surface area is 135 Å². The van der Waals surface area contributed by atoms with Crippen LogP contribution in [0.25, 0.3) is 0 Å². The molecule has 1 heterocycles. The van der Waals surface area contributed by atoms with E-state index in [1.165, 1.54) is 6.42 Å². The fourth-order valence-corrected chi connectivity index (χ4v) is 4.70. The fraction of sp³-hybridized carbons (Fsp3) is 0.643. The first-order valence-corrected chi connectivity index (χ1v) is 9.63. The van der Waals surface area contributed by atoms with Crippen molar-refractivity contribution in [3.05, 3.63) is 16.7 Å². The summed E-state index contributed by atoms with van der Waals surface area (Å²) in [5.74, 6) is 0.771. The lowest BCUT2D eigenvalue weighted by atomic mass is 9.87. The van der Waals surface area contributed by atoms with Crippen LogP contribution in [0.3, 0.4) is 0 Å². The van der Waals surface area contributed by atoms with Crippen molar-refractivity contribution in [1.82, 2.24) is 9.71 Å². The second-order valence-electron chi connectivity index (χ2n) is 5.52. The van der Waals surface area contributed by atoms with E-state index in [1.54, 1.807) is 12.3 Å². The van der Waals surface area contributed by atoms with Crippen LogP contribution in [0.5, 0.6) is 0 Å². The van der Waals surface area contributed by atoms with Gasteiger partial charge in [0.25, 0.3) is 0 Å². The van der Waals surface area contributed by atoms with Gasteiger partial charge in [-0.2, -0.15) is 0 Å². The molecule has 0 bridgehead atoms. The fourth-order valence-electron chi connectivity index (χ4n) is 2.68. The molecular formula is C14H22BrN3O2S. The van der Waals surface area contributed by atoms with Crippen LogP contribution in [0.15, 0.2) is 21.6 Å². The Kier molecular flexibility index (Phi) is 5.62. The molecule has 2 N–H and O–H groups in total. The van der Waals surface area contributed by atoms with Crippen LogP contribution in [0.4, 0.5) is 5.82 Å². The number of anilines is 1. The number of halogens is 1. The molecule has 118 valence electrons. The molecule has 7 heteroatoms. The standard InChI is InChI=1S/C14H22BrN3O2S/c1-3-16-14-13(8-11(15)9-17-14)21(19,20)18-12-7-5-4-6-10(12)2/h8-10,12,18H,3-7H2,1-2H3,(H,16,17). The summed E-state index contributed by atoms with van der Waals surface area (Å²) in [5, 5.41) is 3.01. The number of hydrogen-bond donors (Lipinski definition) is 2. The van der Waals surface area contributed by atoms with Crippen molar-refractivity contribution in [2.75, 3.05) is 11.9 Å². The molecule has 21 heavy (non-hydrogen) atoms. The monoisotopic (exact) mass is 375 g/mol. The normalized spacial score (nSPS) is 23.0. The van der Waals surface area contributed by atoms with Crippen LogP contribution >= 0.6 is 15.9 Å². The van der Waals surface area contributed by atoms with Crippen molar-refractivity contribution in [2.45, 2.75) is 50.5 Å². The van der Waals surface area contributed by atoms with Crippen LogP contribution < -0.4 is 10.0 Å². The van der Waals surface area contributed by atoms with Crippen molar-refractivity contribution < 1.29 is 8.42 Å². The number of sulfonamides is 1. The van der Waals surface area contributed by atoms with Crippen molar-refractivity contribution in [2.24, 2.45) is 5.92 Å². The van der Waals surface area contributed by atoms with E-state index in [4.69, 9.17) is 0 Å². The lowest BCUT2D eigenvalue weighted by Crippen LogP contribution is -2.41. The van der Waals surface area contributed by atoms with Crippen molar-refractivity contribution in [1.29, 1.82) is 0 Å². The molecule has 1 aliphatic rings. The Morgan fingerprint density at radius 2 is 2.10 bits per heavy atom. The lowest BCUT2D eigenvalue weighted by Gasteiger charge is -2.29. The van der Waals surface area contributed by atoms with E-state index in [0.717, 1.165) is 19.3 Å². The van der Waals surface area contributed by atoms with E-state index in [-0.39, 0.29) is 10.9 Å². The number of aromatic nitrogens is 1. The third kappa shape index (κ3) is 4.17. The zero-order chi connectivity index (χ0) is 15.5. The van der Waals surface area contributed by atoms with Gasteiger partial charge in [0.1, 0.15) is 10.7 Å². The molecule has 0 radical (unpaired) electrons. The first kappa shape index (κ1) is 16.7. The zero-order valence-corrected chi connectivity index (χ0v) is 14.8. The number of nitrogens with zero attached hydrogens (tertiary/aromatic N) is 1. The second-order valence-corrected chi connectivity index (χ2v) is 8.12. The predicted molar refractivity (Wildman–Crippen MR) is 87.8 cm³/mol. The summed E-state index contributed by atoms with van der Waals surface area (Å²) in [6.07, 6.45) is 5.83. The van der Waals surface area contributed by atoms with Crippen molar-refractivity contribution >= 4 is 31.8 Å². The van der Waals surface area contributed by atoms with Gasteiger partial charge < -0.3 is 5.32 Å². The van der Waals surface area contributed by atoms with Crippen LogP contribution in [0, 0.1) is 5.92 Å². The summed E-state index contributed by atoms with van der Waals surface area (Å²) < 4.78 is 28.9. The molecule has 2 atom stereocenters. The molecule has 0 spiro atoms. The zero-order valence-electron chi connectivity index (χ0n) is 12.4. The minimum absolute atomic E-state index is 0.0113. The topological polar surface area (TPSA) is 71.1 Å². The highest BCUT2D eigenvalue weighted by Gasteiger charge is 2.28. The molecule has 1 aromatic rings. The van der Waals surface area contributed by atoms with Gasteiger partial charge in [-0.05, 0) is 47.7 Å². The van der Waals surface area contributed by atoms with Gasteiger partial charge in [-0.1, -0.05) is 19.8 Å². The summed E-state index contributed by atoms with van der Waals surface area (Å²) in [6, 6.07) is 1.61. The SMILES string of the molecule is CCNc1ncc(Br)cc1S(=O)(=O)NC1CCCCC1C. The first-order chi connectivity index (χ1) is 9.94. The van der Waals surface area contributed by atoms with E-state index in [0.29, 0.717) is 22.8 Å². The Hall–Kier alpha value is -0.660. The summed E-state index contributed by atoms with van der Waals surface area (Å²) in [6.45, 7) is 4.64. The second kappa shape index (κ2) is 7.07. The van der Waals surface area contributed by atoms with Gasteiger partial charge in [0.15, 0.2) is 0 Å². The van der Waals surface area contributed by atoms with E-state index >= 15 is 0 Å².